The minimum absolute atomic E-state index is 0.0156. The Morgan fingerprint density at radius 1 is 1.25 bits per heavy atom. The van der Waals surface area contributed by atoms with Crippen LogP contribution < -0.4 is 10.1 Å². The highest BCUT2D eigenvalue weighted by Crippen LogP contribution is 2.56. The lowest BCUT2D eigenvalue weighted by Gasteiger charge is -2.35. The van der Waals surface area contributed by atoms with Crippen LogP contribution in [0.4, 0.5) is 27.6 Å². The quantitative estimate of drug-likeness (QED) is 0.471. The van der Waals surface area contributed by atoms with E-state index in [0.29, 0.717) is 11.3 Å². The van der Waals surface area contributed by atoms with Crippen LogP contribution in [0.15, 0.2) is 24.4 Å². The molecule has 2 aliphatic rings. The van der Waals surface area contributed by atoms with Crippen molar-refractivity contribution in [2.24, 2.45) is 5.92 Å². The second kappa shape index (κ2) is 8.00. The van der Waals surface area contributed by atoms with Gasteiger partial charge in [-0.2, -0.15) is 17.6 Å². The zero-order chi connectivity index (χ0) is 23.4. The molecule has 1 unspecified atom stereocenters. The van der Waals surface area contributed by atoms with Gasteiger partial charge in [0.2, 0.25) is 5.82 Å². The molecule has 174 valence electrons. The van der Waals surface area contributed by atoms with Crippen molar-refractivity contribution in [3.05, 3.63) is 52.3 Å². The van der Waals surface area contributed by atoms with E-state index >= 15 is 0 Å². The standard InChI is InChI=1S/C21H20ClF5N2O3/c1-9-14(10-4-5-12(23)15(24)16(10)30-3)17(32-20(9,2)21(25,26)27)19-29-13-6-7-28-18(22)11(13)8-31-19/h4-7,9,14,17,19,29H,8H2,1-3H3/t9-,14-,17+,19?,20+/m0/s1. The van der Waals surface area contributed by atoms with Gasteiger partial charge < -0.3 is 19.5 Å². The molecule has 0 saturated carbocycles. The van der Waals surface area contributed by atoms with Crippen molar-refractivity contribution in [1.82, 2.24) is 4.98 Å². The van der Waals surface area contributed by atoms with Crippen LogP contribution in [0, 0.1) is 17.6 Å². The Bertz CT molecular complexity index is 1040. The van der Waals surface area contributed by atoms with Crippen LogP contribution in [0.3, 0.4) is 0 Å². The molecule has 0 bridgehead atoms. The van der Waals surface area contributed by atoms with E-state index in [4.69, 9.17) is 25.8 Å². The van der Waals surface area contributed by atoms with Crippen LogP contribution in [-0.4, -0.2) is 36.2 Å². The minimum Gasteiger partial charge on any atom is -0.493 e. The van der Waals surface area contributed by atoms with Gasteiger partial charge in [0.05, 0.1) is 13.7 Å². The molecule has 5 atom stereocenters. The lowest BCUT2D eigenvalue weighted by Crippen LogP contribution is -2.48. The maximum Gasteiger partial charge on any atom is 0.417 e. The molecule has 32 heavy (non-hydrogen) atoms. The zero-order valence-electron chi connectivity index (χ0n) is 17.3. The van der Waals surface area contributed by atoms with Crippen LogP contribution in [0.5, 0.6) is 5.75 Å². The lowest BCUT2D eigenvalue weighted by atomic mass is 9.76. The van der Waals surface area contributed by atoms with Crippen molar-refractivity contribution in [1.29, 1.82) is 0 Å². The number of rotatable bonds is 3. The van der Waals surface area contributed by atoms with Gasteiger partial charge in [-0.1, -0.05) is 24.6 Å². The predicted molar refractivity (Wildman–Crippen MR) is 106 cm³/mol. The number of anilines is 1. The maximum absolute atomic E-state index is 14.4. The molecule has 1 saturated heterocycles. The summed E-state index contributed by atoms with van der Waals surface area (Å²) < 4.78 is 86.9. The highest BCUT2D eigenvalue weighted by Gasteiger charge is 2.66. The van der Waals surface area contributed by atoms with Crippen molar-refractivity contribution in [3.8, 4) is 5.75 Å². The fourth-order valence-corrected chi connectivity index (χ4v) is 4.63. The minimum atomic E-state index is -4.73. The van der Waals surface area contributed by atoms with Crippen molar-refractivity contribution in [3.63, 3.8) is 0 Å². The van der Waals surface area contributed by atoms with Gasteiger partial charge in [0.25, 0.3) is 0 Å². The van der Waals surface area contributed by atoms with Gasteiger partial charge in [0, 0.05) is 34.8 Å². The second-order valence-electron chi connectivity index (χ2n) is 7.99. The molecule has 0 spiro atoms. The van der Waals surface area contributed by atoms with Crippen LogP contribution in [-0.2, 0) is 16.1 Å². The summed E-state index contributed by atoms with van der Waals surface area (Å²) in [6, 6.07) is 3.69. The van der Waals surface area contributed by atoms with E-state index in [2.05, 4.69) is 10.3 Å². The third-order valence-corrected chi connectivity index (χ3v) is 6.68. The fraction of sp³-hybridized carbons (Fsp3) is 0.476. The maximum atomic E-state index is 14.4. The molecule has 0 amide bonds. The number of halogens is 6. The van der Waals surface area contributed by atoms with E-state index in [0.717, 1.165) is 20.1 Å². The summed E-state index contributed by atoms with van der Waals surface area (Å²) in [6.07, 6.45) is -5.53. The first-order chi connectivity index (χ1) is 15.0. The fourth-order valence-electron chi connectivity index (χ4n) is 4.41. The topological polar surface area (TPSA) is 52.6 Å². The number of methoxy groups -OCH3 is 1. The summed E-state index contributed by atoms with van der Waals surface area (Å²) in [5, 5.41) is 3.21. The summed E-state index contributed by atoms with van der Waals surface area (Å²) in [6.45, 7) is 2.28. The molecule has 0 radical (unpaired) electrons. The number of alkyl halides is 3. The Morgan fingerprint density at radius 3 is 2.62 bits per heavy atom. The number of ether oxygens (including phenoxy) is 3. The SMILES string of the molecule is COc1c([C@H]2[C@H](C3Nc4ccnc(Cl)c4CO3)O[C@@](C)(C(F)(F)F)[C@H]2C)ccc(F)c1F. The molecule has 1 N–H and O–H groups in total. The lowest BCUT2D eigenvalue weighted by molar-refractivity contribution is -0.280. The molecule has 2 aromatic rings. The first-order valence-corrected chi connectivity index (χ1v) is 10.1. The van der Waals surface area contributed by atoms with Crippen LogP contribution in [0.2, 0.25) is 5.15 Å². The Morgan fingerprint density at radius 2 is 1.97 bits per heavy atom. The van der Waals surface area contributed by atoms with Gasteiger partial charge in [-0.25, -0.2) is 9.37 Å². The molecule has 2 aliphatic heterocycles. The van der Waals surface area contributed by atoms with Gasteiger partial charge in [-0.15, -0.1) is 0 Å². The second-order valence-corrected chi connectivity index (χ2v) is 8.35. The third-order valence-electron chi connectivity index (χ3n) is 6.36. The van der Waals surface area contributed by atoms with Gasteiger partial charge in [-0.05, 0) is 19.1 Å². The first kappa shape index (κ1) is 23.0. The highest BCUT2D eigenvalue weighted by atomic mass is 35.5. The Hall–Kier alpha value is -2.17. The molecule has 11 heteroatoms. The average molecular weight is 479 g/mol. The van der Waals surface area contributed by atoms with E-state index in [1.807, 2.05) is 0 Å². The van der Waals surface area contributed by atoms with E-state index in [1.165, 1.54) is 19.2 Å². The normalized spacial score (nSPS) is 30.0. The number of fused-ring (bicyclic) bond motifs is 1. The molecule has 0 aliphatic carbocycles. The van der Waals surface area contributed by atoms with E-state index in [1.54, 1.807) is 6.07 Å². The number of nitrogens with one attached hydrogen (secondary N) is 1. The summed E-state index contributed by atoms with van der Waals surface area (Å²) >= 11 is 6.07. The smallest absolute Gasteiger partial charge is 0.417 e. The summed E-state index contributed by atoms with van der Waals surface area (Å²) in [4.78, 5) is 3.96. The van der Waals surface area contributed by atoms with E-state index < -0.39 is 53.3 Å². The summed E-state index contributed by atoms with van der Waals surface area (Å²) in [5.41, 5.74) is -1.42. The van der Waals surface area contributed by atoms with E-state index in [-0.39, 0.29) is 17.3 Å². The molecule has 4 rings (SSSR count). The highest BCUT2D eigenvalue weighted by molar-refractivity contribution is 6.30. The molecule has 1 fully saturated rings. The van der Waals surface area contributed by atoms with Gasteiger partial charge in [0.1, 0.15) is 11.3 Å². The monoisotopic (exact) mass is 478 g/mol. The molecule has 3 heterocycles. The molecular weight excluding hydrogens is 459 g/mol. The average Bonchev–Trinajstić information content (AvgIpc) is 3.02. The largest absolute Gasteiger partial charge is 0.493 e. The molecule has 1 aromatic carbocycles. The number of pyridine rings is 1. The van der Waals surface area contributed by atoms with E-state index in [9.17, 15) is 22.0 Å². The van der Waals surface area contributed by atoms with Crippen molar-refractivity contribution in [2.75, 3.05) is 12.4 Å². The van der Waals surface area contributed by atoms with Crippen molar-refractivity contribution in [2.45, 2.75) is 50.5 Å². The number of aromatic nitrogens is 1. The molecule has 1 aromatic heterocycles. The zero-order valence-corrected chi connectivity index (χ0v) is 18.0. The third kappa shape index (κ3) is 3.48. The molecule has 5 nitrogen and oxygen atoms in total. The molecular formula is C21H20ClF5N2O3. The Kier molecular flexibility index (Phi) is 5.75. The number of benzene rings is 1. The van der Waals surface area contributed by atoms with Crippen LogP contribution in [0.25, 0.3) is 0 Å². The Labute approximate surface area is 185 Å². The number of nitrogens with zero attached hydrogens (tertiary/aromatic N) is 1. The van der Waals surface area contributed by atoms with Crippen LogP contribution in [0.1, 0.15) is 30.9 Å². The van der Waals surface area contributed by atoms with Crippen LogP contribution >= 0.6 is 11.6 Å². The first-order valence-electron chi connectivity index (χ1n) is 9.77. The number of hydrogen-bond donors (Lipinski definition) is 1. The van der Waals surface area contributed by atoms with Crippen molar-refractivity contribution >= 4 is 17.3 Å². The van der Waals surface area contributed by atoms with Gasteiger partial charge in [0.15, 0.2) is 23.4 Å². The van der Waals surface area contributed by atoms with Gasteiger partial charge in [-0.3, -0.25) is 0 Å². The predicted octanol–water partition coefficient (Wildman–Crippen LogP) is 5.43. The van der Waals surface area contributed by atoms with Gasteiger partial charge >= 0.3 is 6.18 Å². The number of hydrogen-bond acceptors (Lipinski definition) is 5. The Balaban J connectivity index is 1.80. The summed E-state index contributed by atoms with van der Waals surface area (Å²) in [7, 11) is 1.13. The van der Waals surface area contributed by atoms with Crippen molar-refractivity contribution < 1.29 is 36.2 Å². The summed E-state index contributed by atoms with van der Waals surface area (Å²) in [5.74, 6) is -5.14.